The van der Waals surface area contributed by atoms with Crippen LogP contribution in [0.15, 0.2) is 36.5 Å². The van der Waals surface area contributed by atoms with Crippen molar-refractivity contribution in [1.82, 2.24) is 19.9 Å². The summed E-state index contributed by atoms with van der Waals surface area (Å²) in [5.41, 5.74) is -0.0730. The lowest BCUT2D eigenvalue weighted by Crippen LogP contribution is -2.63. The number of pyridine rings is 1. The van der Waals surface area contributed by atoms with Crippen molar-refractivity contribution in [3.05, 3.63) is 53.2 Å². The number of hydrogen-bond acceptors (Lipinski definition) is 7. The van der Waals surface area contributed by atoms with Crippen LogP contribution in [-0.4, -0.2) is 70.8 Å². The van der Waals surface area contributed by atoms with Gasteiger partial charge in [-0.15, -0.1) is 0 Å². The van der Waals surface area contributed by atoms with Gasteiger partial charge in [0.1, 0.15) is 28.4 Å². The summed E-state index contributed by atoms with van der Waals surface area (Å²) in [6.45, 7) is 6.64. The van der Waals surface area contributed by atoms with Gasteiger partial charge in [0.25, 0.3) is 0 Å². The van der Waals surface area contributed by atoms with Crippen LogP contribution in [0.25, 0.3) is 32.9 Å². The second-order valence-electron chi connectivity index (χ2n) is 11.4. The first-order valence-corrected chi connectivity index (χ1v) is 13.5. The monoisotopic (exact) mass is 566 g/mol. The fraction of sp³-hybridized carbons (Fsp3) is 0.379. The van der Waals surface area contributed by atoms with Gasteiger partial charge in [0, 0.05) is 44.3 Å². The molecule has 4 aromatic rings. The number of fused-ring (bicyclic) bond motifs is 3. The molecule has 0 bridgehead atoms. The summed E-state index contributed by atoms with van der Waals surface area (Å²) < 4.78 is 36.3. The molecule has 11 heteroatoms. The third-order valence-corrected chi connectivity index (χ3v) is 7.81. The largest absolute Gasteiger partial charge is 0.444 e. The van der Waals surface area contributed by atoms with Gasteiger partial charge in [-0.3, -0.25) is 4.98 Å². The first kappa shape index (κ1) is 26.4. The maximum absolute atomic E-state index is 16.3. The Bertz CT molecular complexity index is 1670. The topological polar surface area (TPSA) is 74.7 Å². The number of ether oxygens (including phenoxy) is 1. The number of aromatic nitrogens is 3. The van der Waals surface area contributed by atoms with E-state index in [9.17, 15) is 9.18 Å². The standard InChI is InChI=1S/C29H29ClF2N6O2/c1-29(2,3)40-28(39)37-12-11-19-20(37)14-38(19)26-17-13-33-24(23(32)25(17)34-27(35-26)36(4)5)16-8-6-7-15-9-10-18(31)22(30)21(15)16/h6-10,13,19-20H,11-12,14H2,1-5H3/t19-,20-/m1/s1. The van der Waals surface area contributed by atoms with Crippen molar-refractivity contribution >= 4 is 51.1 Å². The average molecular weight is 567 g/mol. The van der Waals surface area contributed by atoms with E-state index in [1.54, 1.807) is 54.4 Å². The zero-order chi connectivity index (χ0) is 28.5. The van der Waals surface area contributed by atoms with Gasteiger partial charge in [-0.25, -0.2) is 18.6 Å². The summed E-state index contributed by atoms with van der Waals surface area (Å²) in [5, 5.41) is 1.42. The molecule has 4 heterocycles. The summed E-state index contributed by atoms with van der Waals surface area (Å²) in [4.78, 5) is 32.1. The summed E-state index contributed by atoms with van der Waals surface area (Å²) in [5.74, 6) is -0.338. The minimum absolute atomic E-state index is 0.0169. The van der Waals surface area contributed by atoms with Crippen LogP contribution in [0, 0.1) is 11.6 Å². The van der Waals surface area contributed by atoms with E-state index >= 15 is 4.39 Å². The van der Waals surface area contributed by atoms with Crippen LogP contribution < -0.4 is 9.80 Å². The highest BCUT2D eigenvalue weighted by Crippen LogP contribution is 2.42. The minimum atomic E-state index is -0.643. The molecule has 2 atom stereocenters. The average Bonchev–Trinajstić information content (AvgIpc) is 3.21. The number of carbonyl (C=O) groups is 1. The molecule has 2 aromatic heterocycles. The fourth-order valence-electron chi connectivity index (χ4n) is 5.55. The number of rotatable bonds is 3. The quantitative estimate of drug-likeness (QED) is 0.299. The Morgan fingerprint density at radius 1 is 1.12 bits per heavy atom. The van der Waals surface area contributed by atoms with E-state index in [2.05, 4.69) is 14.9 Å². The number of likely N-dealkylation sites (tertiary alicyclic amines) is 1. The molecule has 0 aliphatic carbocycles. The Hall–Kier alpha value is -3.79. The number of anilines is 2. The van der Waals surface area contributed by atoms with Crippen LogP contribution in [0.5, 0.6) is 0 Å². The Labute approximate surface area is 235 Å². The van der Waals surface area contributed by atoms with E-state index in [0.29, 0.717) is 46.6 Å². The lowest BCUT2D eigenvalue weighted by Gasteiger charge is -2.47. The number of amides is 1. The van der Waals surface area contributed by atoms with Crippen molar-refractivity contribution in [3.63, 3.8) is 0 Å². The summed E-state index contributed by atoms with van der Waals surface area (Å²) >= 11 is 6.33. The van der Waals surface area contributed by atoms with Gasteiger partial charge in [-0.2, -0.15) is 4.98 Å². The van der Waals surface area contributed by atoms with Crippen molar-refractivity contribution in [2.45, 2.75) is 44.9 Å². The molecule has 6 rings (SSSR count). The number of benzene rings is 2. The Morgan fingerprint density at radius 3 is 2.62 bits per heavy atom. The van der Waals surface area contributed by atoms with E-state index < -0.39 is 17.2 Å². The van der Waals surface area contributed by atoms with Gasteiger partial charge in [0.2, 0.25) is 5.95 Å². The highest BCUT2D eigenvalue weighted by molar-refractivity contribution is 6.36. The van der Waals surface area contributed by atoms with Crippen molar-refractivity contribution in [2.75, 3.05) is 37.0 Å². The molecule has 0 unspecified atom stereocenters. The second kappa shape index (κ2) is 9.40. The van der Waals surface area contributed by atoms with Gasteiger partial charge in [-0.05, 0) is 38.6 Å². The van der Waals surface area contributed by atoms with Crippen molar-refractivity contribution in [2.24, 2.45) is 0 Å². The molecule has 0 spiro atoms. The van der Waals surface area contributed by atoms with Crippen LogP contribution in [-0.2, 0) is 4.74 Å². The first-order chi connectivity index (χ1) is 18.9. The lowest BCUT2D eigenvalue weighted by atomic mass is 9.96. The molecule has 2 aromatic carbocycles. The minimum Gasteiger partial charge on any atom is -0.444 e. The Kier molecular flexibility index (Phi) is 6.21. The van der Waals surface area contributed by atoms with Crippen molar-refractivity contribution < 1.29 is 18.3 Å². The summed E-state index contributed by atoms with van der Waals surface area (Å²) in [6.07, 6.45) is 1.96. The third kappa shape index (κ3) is 4.25. The maximum Gasteiger partial charge on any atom is 0.410 e. The number of nitrogens with zero attached hydrogens (tertiary/aromatic N) is 6. The predicted molar refractivity (Wildman–Crippen MR) is 152 cm³/mol. The van der Waals surface area contributed by atoms with Gasteiger partial charge in [0.15, 0.2) is 5.82 Å². The van der Waals surface area contributed by atoms with Gasteiger partial charge < -0.3 is 19.4 Å². The SMILES string of the molecule is CN(C)c1nc(N2C[C@@H]3[C@H]2CCN3C(=O)OC(C)(C)C)c2cnc(-c3cccc4ccc(F)c(Cl)c34)c(F)c2n1. The first-order valence-electron chi connectivity index (χ1n) is 13.1. The molecular weight excluding hydrogens is 538 g/mol. The smallest absolute Gasteiger partial charge is 0.410 e. The normalized spacial score (nSPS) is 18.7. The second-order valence-corrected chi connectivity index (χ2v) is 11.8. The molecule has 40 heavy (non-hydrogen) atoms. The van der Waals surface area contributed by atoms with Gasteiger partial charge in [-0.1, -0.05) is 35.9 Å². The fourth-order valence-corrected chi connectivity index (χ4v) is 5.83. The van der Waals surface area contributed by atoms with E-state index in [4.69, 9.17) is 21.3 Å². The third-order valence-electron chi connectivity index (χ3n) is 7.44. The molecule has 1 amide bonds. The molecule has 208 valence electrons. The maximum atomic E-state index is 16.3. The lowest BCUT2D eigenvalue weighted by molar-refractivity contribution is 0.0193. The van der Waals surface area contributed by atoms with E-state index in [1.807, 2.05) is 20.8 Å². The van der Waals surface area contributed by atoms with Crippen LogP contribution in [0.3, 0.4) is 0 Å². The van der Waals surface area contributed by atoms with Crippen molar-refractivity contribution in [1.29, 1.82) is 0 Å². The summed E-state index contributed by atoms with van der Waals surface area (Å²) in [6, 6.07) is 8.10. The highest BCUT2D eigenvalue weighted by Gasteiger charge is 2.50. The van der Waals surface area contributed by atoms with Crippen LogP contribution in [0.1, 0.15) is 27.2 Å². The Balaban J connectivity index is 1.43. The molecule has 2 aliphatic heterocycles. The van der Waals surface area contributed by atoms with E-state index in [-0.39, 0.29) is 34.4 Å². The molecule has 2 saturated heterocycles. The van der Waals surface area contributed by atoms with Crippen LogP contribution >= 0.6 is 11.6 Å². The van der Waals surface area contributed by atoms with Gasteiger partial charge in [0.05, 0.1) is 22.5 Å². The molecule has 0 saturated carbocycles. The molecule has 2 fully saturated rings. The predicted octanol–water partition coefficient (Wildman–Crippen LogP) is 6.04. The molecule has 2 aliphatic rings. The zero-order valence-electron chi connectivity index (χ0n) is 22.9. The van der Waals surface area contributed by atoms with Crippen LogP contribution in [0.4, 0.5) is 25.3 Å². The zero-order valence-corrected chi connectivity index (χ0v) is 23.6. The number of halogens is 3. The Morgan fingerprint density at radius 2 is 1.90 bits per heavy atom. The molecule has 8 nitrogen and oxygen atoms in total. The highest BCUT2D eigenvalue weighted by atomic mass is 35.5. The molecule has 0 N–H and O–H groups in total. The van der Waals surface area contributed by atoms with E-state index in [0.717, 1.165) is 6.42 Å². The number of hydrogen-bond donors (Lipinski definition) is 0. The van der Waals surface area contributed by atoms with Gasteiger partial charge >= 0.3 is 6.09 Å². The van der Waals surface area contributed by atoms with Crippen molar-refractivity contribution in [3.8, 4) is 11.3 Å². The van der Waals surface area contributed by atoms with E-state index in [1.165, 1.54) is 6.07 Å². The summed E-state index contributed by atoms with van der Waals surface area (Å²) in [7, 11) is 3.58. The molecule has 0 radical (unpaired) electrons. The molecular formula is C29H29ClF2N6O2. The number of carbonyl (C=O) groups excluding carboxylic acids is 1. The van der Waals surface area contributed by atoms with Crippen LogP contribution in [0.2, 0.25) is 5.02 Å².